The van der Waals surface area contributed by atoms with Gasteiger partial charge in [-0.25, -0.2) is 0 Å². The van der Waals surface area contributed by atoms with Gasteiger partial charge in [0.25, 0.3) is 0 Å². The van der Waals surface area contributed by atoms with Gasteiger partial charge in [-0.15, -0.1) is 0 Å². The molecule has 0 spiro atoms. The van der Waals surface area contributed by atoms with E-state index in [0.29, 0.717) is 5.92 Å². The third kappa shape index (κ3) is 4.29. The summed E-state index contributed by atoms with van der Waals surface area (Å²) < 4.78 is 6.81. The first kappa shape index (κ1) is 13.8. The van der Waals surface area contributed by atoms with Gasteiger partial charge in [0.05, 0.1) is 13.2 Å². The lowest BCUT2D eigenvalue weighted by Gasteiger charge is -2.13. The van der Waals surface area contributed by atoms with Gasteiger partial charge >= 0.3 is 0 Å². The molecule has 3 heteroatoms. The fourth-order valence-electron chi connectivity index (χ4n) is 1.25. The first-order chi connectivity index (χ1) is 7.52. The van der Waals surface area contributed by atoms with Gasteiger partial charge in [0.2, 0.25) is 0 Å². The summed E-state index contributed by atoms with van der Waals surface area (Å²) in [6, 6.07) is 6.04. The fraction of sp³-hybridized carbons (Fsp3) is 0.462. The third-order valence-electron chi connectivity index (χ3n) is 2.18. The second-order valence-electron chi connectivity index (χ2n) is 4.32. The zero-order chi connectivity index (χ0) is 12.1. The van der Waals surface area contributed by atoms with Crippen molar-refractivity contribution in [1.29, 1.82) is 0 Å². The van der Waals surface area contributed by atoms with Crippen molar-refractivity contribution >= 4 is 22.6 Å². The molecular weight excluding hydrogens is 315 g/mol. The Balaban J connectivity index is 2.81. The van der Waals surface area contributed by atoms with Gasteiger partial charge in [0, 0.05) is 9.49 Å². The number of hydrogen-bond acceptors (Lipinski definition) is 2. The van der Waals surface area contributed by atoms with Gasteiger partial charge < -0.3 is 9.84 Å². The van der Waals surface area contributed by atoms with Crippen LogP contribution in [0.3, 0.4) is 0 Å². The van der Waals surface area contributed by atoms with Crippen molar-refractivity contribution in [3.05, 3.63) is 33.3 Å². The molecule has 0 aliphatic heterocycles. The van der Waals surface area contributed by atoms with Crippen LogP contribution in [0.25, 0.3) is 0 Å². The van der Waals surface area contributed by atoms with Crippen LogP contribution in [-0.4, -0.2) is 18.3 Å². The Hall–Kier alpha value is -0.290. The van der Waals surface area contributed by atoms with Crippen molar-refractivity contribution in [3.8, 4) is 5.75 Å². The van der Waals surface area contributed by atoms with Gasteiger partial charge in [0.1, 0.15) is 5.75 Å². The average Bonchev–Trinajstić information content (AvgIpc) is 2.24. The van der Waals surface area contributed by atoms with Crippen molar-refractivity contribution in [2.75, 3.05) is 13.2 Å². The van der Waals surface area contributed by atoms with Crippen molar-refractivity contribution < 1.29 is 9.84 Å². The lowest BCUT2D eigenvalue weighted by Crippen LogP contribution is -2.06. The topological polar surface area (TPSA) is 29.5 Å². The summed E-state index contributed by atoms with van der Waals surface area (Å²) in [5.41, 5.74) is 1.05. The van der Waals surface area contributed by atoms with Crippen LogP contribution in [0.1, 0.15) is 26.3 Å². The zero-order valence-electron chi connectivity index (χ0n) is 9.96. The highest BCUT2D eigenvalue weighted by Crippen LogP contribution is 2.24. The molecule has 0 saturated heterocycles. The first-order valence-corrected chi connectivity index (χ1v) is 6.48. The molecule has 0 saturated carbocycles. The minimum absolute atomic E-state index is 0.0870. The van der Waals surface area contributed by atoms with E-state index in [4.69, 9.17) is 9.84 Å². The highest BCUT2D eigenvalue weighted by atomic mass is 127. The number of ether oxygens (including phenoxy) is 1. The van der Waals surface area contributed by atoms with Crippen LogP contribution < -0.4 is 4.74 Å². The molecule has 0 fully saturated rings. The molecule has 1 aromatic rings. The van der Waals surface area contributed by atoms with Gasteiger partial charge in [0.15, 0.2) is 0 Å². The number of hydrogen-bond donors (Lipinski definition) is 1. The van der Waals surface area contributed by atoms with Crippen LogP contribution >= 0.6 is 22.6 Å². The molecule has 0 aromatic heterocycles. The molecule has 2 nitrogen and oxygen atoms in total. The molecule has 0 bridgehead atoms. The molecule has 89 valence electrons. The van der Waals surface area contributed by atoms with Crippen LogP contribution in [-0.2, 0) is 0 Å². The number of benzene rings is 1. The molecule has 0 aliphatic rings. The average molecular weight is 333 g/mol. The Morgan fingerprint density at radius 3 is 2.62 bits per heavy atom. The van der Waals surface area contributed by atoms with Crippen LogP contribution in [0.4, 0.5) is 0 Å². The number of rotatable bonds is 5. The van der Waals surface area contributed by atoms with Gasteiger partial charge in [-0.1, -0.05) is 20.8 Å². The molecule has 0 amide bonds. The zero-order valence-corrected chi connectivity index (χ0v) is 12.1. The largest absolute Gasteiger partial charge is 0.493 e. The lowest BCUT2D eigenvalue weighted by molar-refractivity contribution is 0.270. The van der Waals surface area contributed by atoms with Crippen LogP contribution in [0.2, 0.25) is 0 Å². The maximum atomic E-state index is 9.11. The van der Waals surface area contributed by atoms with E-state index in [0.717, 1.165) is 27.4 Å². The second-order valence-corrected chi connectivity index (χ2v) is 5.56. The minimum atomic E-state index is 0.0870. The predicted molar refractivity (Wildman–Crippen MR) is 74.6 cm³/mol. The van der Waals surface area contributed by atoms with E-state index in [2.05, 4.69) is 36.4 Å². The standard InChI is InChI=1S/C13H18IO2/c1-9(2)8-16-13-5-11(10(3)7-15)4-12(14)6-13/h4-6,9,15H,7-8H2,1-3H3. The summed E-state index contributed by atoms with van der Waals surface area (Å²) in [4.78, 5) is 0. The van der Waals surface area contributed by atoms with E-state index >= 15 is 0 Å². The molecule has 16 heavy (non-hydrogen) atoms. The fourth-order valence-corrected chi connectivity index (χ4v) is 1.89. The Morgan fingerprint density at radius 2 is 2.06 bits per heavy atom. The number of aliphatic hydroxyl groups excluding tert-OH is 1. The van der Waals surface area contributed by atoms with E-state index in [1.165, 1.54) is 0 Å². The highest BCUT2D eigenvalue weighted by molar-refractivity contribution is 14.1. The molecule has 0 unspecified atom stereocenters. The van der Waals surface area contributed by atoms with Crippen molar-refractivity contribution in [2.45, 2.75) is 20.8 Å². The van der Waals surface area contributed by atoms with Gasteiger partial charge in [-0.05, 0) is 52.3 Å². The van der Waals surface area contributed by atoms with Crippen LogP contribution in [0, 0.1) is 15.4 Å². The number of halogens is 1. The summed E-state index contributed by atoms with van der Waals surface area (Å²) in [5.74, 6) is 2.36. The molecule has 1 rings (SSSR count). The van der Waals surface area contributed by atoms with Gasteiger partial charge in [-0.3, -0.25) is 0 Å². The monoisotopic (exact) mass is 333 g/mol. The predicted octanol–water partition coefficient (Wildman–Crippen LogP) is 3.26. The van der Waals surface area contributed by atoms with E-state index in [-0.39, 0.29) is 6.61 Å². The lowest BCUT2D eigenvalue weighted by atomic mass is 10.0. The van der Waals surface area contributed by atoms with Crippen LogP contribution in [0.15, 0.2) is 18.2 Å². The van der Waals surface area contributed by atoms with E-state index in [9.17, 15) is 0 Å². The molecular formula is C13H18IO2. The van der Waals surface area contributed by atoms with Crippen LogP contribution in [0.5, 0.6) is 5.75 Å². The van der Waals surface area contributed by atoms with E-state index < -0.39 is 0 Å². The van der Waals surface area contributed by atoms with Gasteiger partial charge in [-0.2, -0.15) is 0 Å². The first-order valence-electron chi connectivity index (χ1n) is 5.40. The Morgan fingerprint density at radius 1 is 1.38 bits per heavy atom. The second kappa shape index (κ2) is 6.45. The summed E-state index contributed by atoms with van der Waals surface area (Å²) in [6.07, 6.45) is 0. The molecule has 0 atom stereocenters. The van der Waals surface area contributed by atoms with Crippen molar-refractivity contribution in [1.82, 2.24) is 0 Å². The Labute approximate surface area is 111 Å². The number of aliphatic hydroxyl groups is 1. The summed E-state index contributed by atoms with van der Waals surface area (Å²) in [7, 11) is 0. The van der Waals surface area contributed by atoms with Crippen molar-refractivity contribution in [3.63, 3.8) is 0 Å². The highest BCUT2D eigenvalue weighted by Gasteiger charge is 2.08. The Kier molecular flexibility index (Phi) is 5.55. The maximum Gasteiger partial charge on any atom is 0.120 e. The molecule has 0 heterocycles. The SMILES string of the molecule is C[C](CO)c1cc(I)cc(OCC(C)C)c1. The smallest absolute Gasteiger partial charge is 0.120 e. The summed E-state index contributed by atoms with van der Waals surface area (Å²) in [5, 5.41) is 9.11. The maximum absolute atomic E-state index is 9.11. The molecule has 1 N–H and O–H groups in total. The summed E-state index contributed by atoms with van der Waals surface area (Å²) in [6.45, 7) is 6.99. The quantitative estimate of drug-likeness (QED) is 0.838. The molecule has 0 aliphatic carbocycles. The summed E-state index contributed by atoms with van der Waals surface area (Å²) >= 11 is 2.26. The Bertz CT molecular complexity index is 337. The molecule has 1 radical (unpaired) electrons. The molecule has 1 aromatic carbocycles. The minimum Gasteiger partial charge on any atom is -0.493 e. The third-order valence-corrected chi connectivity index (χ3v) is 2.81. The normalized spacial score (nSPS) is 11.2. The van der Waals surface area contributed by atoms with E-state index in [1.54, 1.807) is 0 Å². The van der Waals surface area contributed by atoms with Crippen molar-refractivity contribution in [2.24, 2.45) is 5.92 Å². The van der Waals surface area contributed by atoms with E-state index in [1.807, 2.05) is 25.1 Å².